The van der Waals surface area contributed by atoms with Crippen molar-refractivity contribution in [3.63, 3.8) is 0 Å². The zero-order chi connectivity index (χ0) is 12.3. The monoisotopic (exact) mass is 232 g/mol. The number of nitrogens with two attached hydrogens (primary N) is 1. The fraction of sp³-hybridized carbons (Fsp3) is 0.200. The second kappa shape index (κ2) is 4.60. The molecule has 0 fully saturated rings. The number of pyridine rings is 1. The lowest BCUT2D eigenvalue weighted by Crippen LogP contribution is -2.27. The van der Waals surface area contributed by atoms with Crippen LogP contribution >= 0.6 is 0 Å². The SMILES string of the molecule is CN(Cc1ncn[nH]1)C(=O)c1cccnc1N. The first kappa shape index (κ1) is 11.1. The third kappa shape index (κ3) is 2.39. The minimum Gasteiger partial charge on any atom is -0.383 e. The van der Waals surface area contributed by atoms with Crippen molar-refractivity contribution < 1.29 is 4.79 Å². The van der Waals surface area contributed by atoms with Gasteiger partial charge in [0.05, 0.1) is 12.1 Å². The molecule has 0 aromatic carbocycles. The Bertz CT molecular complexity index is 509. The van der Waals surface area contributed by atoms with Crippen molar-refractivity contribution in [3.05, 3.63) is 36.0 Å². The Morgan fingerprint density at radius 2 is 2.35 bits per heavy atom. The summed E-state index contributed by atoms with van der Waals surface area (Å²) in [6, 6.07) is 3.31. The number of carbonyl (C=O) groups excluding carboxylic acids is 1. The quantitative estimate of drug-likeness (QED) is 0.778. The van der Waals surface area contributed by atoms with Crippen LogP contribution in [0.5, 0.6) is 0 Å². The zero-order valence-electron chi connectivity index (χ0n) is 9.29. The van der Waals surface area contributed by atoms with Gasteiger partial charge in [-0.2, -0.15) is 5.10 Å². The summed E-state index contributed by atoms with van der Waals surface area (Å²) in [4.78, 5) is 21.4. The molecule has 0 spiro atoms. The average molecular weight is 232 g/mol. The Morgan fingerprint density at radius 3 is 3.00 bits per heavy atom. The number of H-pyrrole nitrogens is 1. The molecule has 0 unspecified atom stereocenters. The number of carbonyl (C=O) groups is 1. The van der Waals surface area contributed by atoms with Crippen molar-refractivity contribution in [2.24, 2.45) is 0 Å². The van der Waals surface area contributed by atoms with Gasteiger partial charge in [-0.15, -0.1) is 0 Å². The predicted octanol–water partition coefficient (Wildman–Crippen LogP) is 0.0541. The topological polar surface area (TPSA) is 101 Å². The number of aromatic amines is 1. The summed E-state index contributed by atoms with van der Waals surface area (Å²) in [7, 11) is 1.66. The van der Waals surface area contributed by atoms with Crippen LogP contribution in [0.3, 0.4) is 0 Å². The van der Waals surface area contributed by atoms with Crippen LogP contribution in [0.25, 0.3) is 0 Å². The molecular weight excluding hydrogens is 220 g/mol. The summed E-state index contributed by atoms with van der Waals surface area (Å²) in [6.45, 7) is 0.340. The molecule has 2 rings (SSSR count). The number of anilines is 1. The van der Waals surface area contributed by atoms with Gasteiger partial charge in [-0.05, 0) is 12.1 Å². The molecule has 0 saturated carbocycles. The van der Waals surface area contributed by atoms with Crippen LogP contribution < -0.4 is 5.73 Å². The molecule has 0 saturated heterocycles. The molecule has 0 aliphatic heterocycles. The average Bonchev–Trinajstić information content (AvgIpc) is 2.81. The highest BCUT2D eigenvalue weighted by Gasteiger charge is 2.15. The molecule has 2 heterocycles. The number of nitrogens with one attached hydrogen (secondary N) is 1. The molecule has 88 valence electrons. The molecule has 0 aliphatic carbocycles. The summed E-state index contributed by atoms with van der Waals surface area (Å²) in [5.74, 6) is 0.636. The van der Waals surface area contributed by atoms with Gasteiger partial charge in [0.2, 0.25) is 0 Å². The van der Waals surface area contributed by atoms with Gasteiger partial charge < -0.3 is 10.6 Å². The summed E-state index contributed by atoms with van der Waals surface area (Å²) in [5, 5.41) is 6.40. The zero-order valence-corrected chi connectivity index (χ0v) is 9.29. The number of hydrogen-bond acceptors (Lipinski definition) is 5. The lowest BCUT2D eigenvalue weighted by atomic mass is 10.2. The number of amides is 1. The summed E-state index contributed by atoms with van der Waals surface area (Å²) in [5.41, 5.74) is 6.02. The van der Waals surface area contributed by atoms with E-state index in [2.05, 4.69) is 20.2 Å². The van der Waals surface area contributed by atoms with Crippen molar-refractivity contribution in [2.75, 3.05) is 12.8 Å². The second-order valence-corrected chi connectivity index (χ2v) is 3.53. The van der Waals surface area contributed by atoms with E-state index in [0.29, 0.717) is 17.9 Å². The maximum Gasteiger partial charge on any atom is 0.257 e. The van der Waals surface area contributed by atoms with Crippen molar-refractivity contribution in [1.82, 2.24) is 25.1 Å². The van der Waals surface area contributed by atoms with Gasteiger partial charge in [-0.3, -0.25) is 9.89 Å². The molecule has 1 amide bonds. The van der Waals surface area contributed by atoms with E-state index in [1.807, 2.05) is 0 Å². The first-order valence-electron chi connectivity index (χ1n) is 4.98. The van der Waals surface area contributed by atoms with E-state index in [-0.39, 0.29) is 11.7 Å². The Hall–Kier alpha value is -2.44. The molecule has 0 bridgehead atoms. The van der Waals surface area contributed by atoms with E-state index in [1.165, 1.54) is 11.2 Å². The first-order valence-corrected chi connectivity index (χ1v) is 4.98. The smallest absolute Gasteiger partial charge is 0.257 e. The predicted molar refractivity (Wildman–Crippen MR) is 60.8 cm³/mol. The van der Waals surface area contributed by atoms with Gasteiger partial charge in [0, 0.05) is 13.2 Å². The minimum atomic E-state index is -0.202. The Kier molecular flexibility index (Phi) is 2.99. The van der Waals surface area contributed by atoms with Crippen LogP contribution in [-0.4, -0.2) is 38.0 Å². The Balaban J connectivity index is 2.13. The Morgan fingerprint density at radius 1 is 1.53 bits per heavy atom. The first-order chi connectivity index (χ1) is 8.18. The molecule has 3 N–H and O–H groups in total. The molecule has 0 aliphatic rings. The van der Waals surface area contributed by atoms with E-state index >= 15 is 0 Å². The van der Waals surface area contributed by atoms with E-state index < -0.39 is 0 Å². The summed E-state index contributed by atoms with van der Waals surface area (Å²) >= 11 is 0. The van der Waals surface area contributed by atoms with Crippen LogP contribution in [0, 0.1) is 0 Å². The lowest BCUT2D eigenvalue weighted by Gasteiger charge is -2.16. The number of hydrogen-bond donors (Lipinski definition) is 2. The third-order valence-electron chi connectivity index (χ3n) is 2.27. The minimum absolute atomic E-state index is 0.202. The fourth-order valence-electron chi connectivity index (χ4n) is 1.41. The third-order valence-corrected chi connectivity index (χ3v) is 2.27. The molecule has 17 heavy (non-hydrogen) atoms. The van der Waals surface area contributed by atoms with Crippen LogP contribution in [0.4, 0.5) is 5.82 Å². The van der Waals surface area contributed by atoms with Gasteiger partial charge in [0.15, 0.2) is 0 Å². The highest BCUT2D eigenvalue weighted by Crippen LogP contribution is 2.10. The summed E-state index contributed by atoms with van der Waals surface area (Å²) < 4.78 is 0. The summed E-state index contributed by atoms with van der Waals surface area (Å²) in [6.07, 6.45) is 2.94. The molecule has 2 aromatic heterocycles. The van der Waals surface area contributed by atoms with Crippen LogP contribution in [0.2, 0.25) is 0 Å². The maximum absolute atomic E-state index is 12.0. The molecule has 0 atom stereocenters. The van der Waals surface area contributed by atoms with Gasteiger partial charge in [-0.25, -0.2) is 9.97 Å². The van der Waals surface area contributed by atoms with Crippen LogP contribution in [0.15, 0.2) is 24.7 Å². The number of aromatic nitrogens is 4. The normalized spacial score (nSPS) is 10.2. The lowest BCUT2D eigenvalue weighted by molar-refractivity contribution is 0.0782. The maximum atomic E-state index is 12.0. The number of nitrogens with zero attached hydrogens (tertiary/aromatic N) is 4. The fourth-order valence-corrected chi connectivity index (χ4v) is 1.41. The van der Waals surface area contributed by atoms with E-state index in [1.54, 1.807) is 25.4 Å². The largest absolute Gasteiger partial charge is 0.383 e. The van der Waals surface area contributed by atoms with Crippen molar-refractivity contribution >= 4 is 11.7 Å². The van der Waals surface area contributed by atoms with Crippen LogP contribution in [0.1, 0.15) is 16.2 Å². The van der Waals surface area contributed by atoms with Gasteiger partial charge >= 0.3 is 0 Å². The molecule has 7 nitrogen and oxygen atoms in total. The van der Waals surface area contributed by atoms with E-state index in [4.69, 9.17) is 5.73 Å². The van der Waals surface area contributed by atoms with Crippen LogP contribution in [-0.2, 0) is 6.54 Å². The van der Waals surface area contributed by atoms with Gasteiger partial charge in [-0.1, -0.05) is 0 Å². The highest BCUT2D eigenvalue weighted by atomic mass is 16.2. The molecule has 7 heteroatoms. The van der Waals surface area contributed by atoms with Crippen molar-refractivity contribution in [1.29, 1.82) is 0 Å². The van der Waals surface area contributed by atoms with Gasteiger partial charge in [0.1, 0.15) is 18.0 Å². The van der Waals surface area contributed by atoms with Crippen molar-refractivity contribution in [3.8, 4) is 0 Å². The molecule has 0 radical (unpaired) electrons. The molecular formula is C10H12N6O. The second-order valence-electron chi connectivity index (χ2n) is 3.53. The van der Waals surface area contributed by atoms with E-state index in [0.717, 1.165) is 0 Å². The number of nitrogen functional groups attached to an aromatic ring is 1. The number of rotatable bonds is 3. The van der Waals surface area contributed by atoms with Crippen molar-refractivity contribution in [2.45, 2.75) is 6.54 Å². The Labute approximate surface area is 97.7 Å². The van der Waals surface area contributed by atoms with E-state index in [9.17, 15) is 4.79 Å². The standard InChI is InChI=1S/C10H12N6O/c1-16(5-8-13-6-14-15-8)10(17)7-3-2-4-12-9(7)11/h2-4,6H,5H2,1H3,(H2,11,12)(H,13,14,15). The highest BCUT2D eigenvalue weighted by molar-refractivity contribution is 5.97. The molecule has 2 aromatic rings. The van der Waals surface area contributed by atoms with Gasteiger partial charge in [0.25, 0.3) is 5.91 Å².